The largest absolute Gasteiger partial charge is 0.497 e. The van der Waals surface area contributed by atoms with Crippen molar-refractivity contribution in [2.75, 3.05) is 19.5 Å². The van der Waals surface area contributed by atoms with Crippen molar-refractivity contribution >= 4 is 22.5 Å². The Morgan fingerprint density at radius 3 is 2.39 bits per heavy atom. The van der Waals surface area contributed by atoms with Gasteiger partial charge in [-0.25, -0.2) is 9.67 Å². The van der Waals surface area contributed by atoms with Crippen molar-refractivity contribution in [3.8, 4) is 17.3 Å². The lowest BCUT2D eigenvalue weighted by Gasteiger charge is -2.05. The third kappa shape index (κ3) is 3.25. The van der Waals surface area contributed by atoms with Crippen LogP contribution in [0.2, 0.25) is 0 Å². The number of nitrogens with zero attached hydrogens (tertiary/aromatic N) is 3. The number of carbonyl (C=O) groups is 1. The molecule has 4 aromatic rings. The van der Waals surface area contributed by atoms with Gasteiger partial charge in [-0.1, -0.05) is 6.07 Å². The SMILES string of the molecule is COc1ccc(NC(=O)c2nn(-c3ccccn3)c3ccc(OC)cc23)cc1. The molecule has 0 aliphatic heterocycles. The smallest absolute Gasteiger partial charge is 0.276 e. The molecule has 2 aromatic heterocycles. The van der Waals surface area contributed by atoms with Gasteiger partial charge >= 0.3 is 0 Å². The van der Waals surface area contributed by atoms with Crippen molar-refractivity contribution < 1.29 is 14.3 Å². The molecule has 0 aliphatic carbocycles. The summed E-state index contributed by atoms with van der Waals surface area (Å²) < 4.78 is 12.1. The number of fused-ring (bicyclic) bond motifs is 1. The van der Waals surface area contributed by atoms with Crippen molar-refractivity contribution in [2.45, 2.75) is 0 Å². The number of ether oxygens (including phenoxy) is 2. The Morgan fingerprint density at radius 2 is 1.71 bits per heavy atom. The Kier molecular flexibility index (Phi) is 4.63. The summed E-state index contributed by atoms with van der Waals surface area (Å²) >= 11 is 0. The standard InChI is InChI=1S/C21H18N4O3/c1-27-15-8-6-14(7-9-15)23-21(26)20-17-13-16(28-2)10-11-18(17)25(24-20)19-5-3-4-12-22-19/h3-13H,1-2H3,(H,23,26). The molecule has 0 saturated heterocycles. The average Bonchev–Trinajstić information content (AvgIpc) is 3.14. The molecular weight excluding hydrogens is 356 g/mol. The van der Waals surface area contributed by atoms with Gasteiger partial charge in [0.05, 0.1) is 19.7 Å². The molecule has 0 aliphatic rings. The minimum atomic E-state index is -0.321. The summed E-state index contributed by atoms with van der Waals surface area (Å²) in [5.74, 6) is 1.67. The van der Waals surface area contributed by atoms with Gasteiger partial charge in [0.2, 0.25) is 0 Å². The molecular formula is C21H18N4O3. The number of carbonyl (C=O) groups excluding carboxylic acids is 1. The molecule has 0 fully saturated rings. The fraction of sp³-hybridized carbons (Fsp3) is 0.0952. The van der Waals surface area contributed by atoms with Crippen LogP contribution in [0, 0.1) is 0 Å². The summed E-state index contributed by atoms with van der Waals surface area (Å²) in [6, 6.07) is 18.1. The highest BCUT2D eigenvalue weighted by atomic mass is 16.5. The molecule has 0 bridgehead atoms. The van der Waals surface area contributed by atoms with Crippen LogP contribution in [0.3, 0.4) is 0 Å². The van der Waals surface area contributed by atoms with Crippen molar-refractivity contribution in [3.63, 3.8) is 0 Å². The van der Waals surface area contributed by atoms with E-state index in [2.05, 4.69) is 15.4 Å². The number of nitrogens with one attached hydrogen (secondary N) is 1. The van der Waals surface area contributed by atoms with Crippen LogP contribution in [0.1, 0.15) is 10.5 Å². The zero-order valence-electron chi connectivity index (χ0n) is 15.4. The van der Waals surface area contributed by atoms with Gasteiger partial charge in [-0.3, -0.25) is 4.79 Å². The van der Waals surface area contributed by atoms with E-state index >= 15 is 0 Å². The lowest BCUT2D eigenvalue weighted by molar-refractivity contribution is 0.102. The van der Waals surface area contributed by atoms with E-state index in [1.54, 1.807) is 55.4 Å². The molecule has 0 radical (unpaired) electrons. The van der Waals surface area contributed by atoms with Crippen LogP contribution in [-0.2, 0) is 0 Å². The molecule has 0 saturated carbocycles. The molecule has 1 N–H and O–H groups in total. The first-order valence-corrected chi connectivity index (χ1v) is 8.63. The van der Waals surface area contributed by atoms with Crippen LogP contribution in [0.25, 0.3) is 16.7 Å². The van der Waals surface area contributed by atoms with Crippen molar-refractivity contribution in [1.29, 1.82) is 0 Å². The highest BCUT2D eigenvalue weighted by Crippen LogP contribution is 2.27. The maximum absolute atomic E-state index is 12.9. The number of hydrogen-bond acceptors (Lipinski definition) is 5. The third-order valence-electron chi connectivity index (χ3n) is 4.32. The topological polar surface area (TPSA) is 78.3 Å². The average molecular weight is 374 g/mol. The van der Waals surface area contributed by atoms with Crippen LogP contribution < -0.4 is 14.8 Å². The first-order valence-electron chi connectivity index (χ1n) is 8.63. The summed E-state index contributed by atoms with van der Waals surface area (Å²) in [6.45, 7) is 0. The normalized spacial score (nSPS) is 10.6. The lowest BCUT2D eigenvalue weighted by atomic mass is 10.2. The molecule has 140 valence electrons. The predicted molar refractivity (Wildman–Crippen MR) is 106 cm³/mol. The predicted octanol–water partition coefficient (Wildman–Crippen LogP) is 3.69. The van der Waals surface area contributed by atoms with Crippen LogP contribution in [0.4, 0.5) is 5.69 Å². The van der Waals surface area contributed by atoms with Gasteiger partial charge in [0.15, 0.2) is 11.5 Å². The van der Waals surface area contributed by atoms with Crippen LogP contribution in [0.15, 0.2) is 66.9 Å². The quantitative estimate of drug-likeness (QED) is 0.576. The number of aromatic nitrogens is 3. The van der Waals surface area contributed by atoms with Crippen LogP contribution in [0.5, 0.6) is 11.5 Å². The monoisotopic (exact) mass is 374 g/mol. The van der Waals surface area contributed by atoms with E-state index in [9.17, 15) is 4.79 Å². The van der Waals surface area contributed by atoms with Crippen molar-refractivity contribution in [3.05, 3.63) is 72.6 Å². The number of anilines is 1. The van der Waals surface area contributed by atoms with Crippen molar-refractivity contribution in [2.24, 2.45) is 0 Å². The Morgan fingerprint density at radius 1 is 0.964 bits per heavy atom. The summed E-state index contributed by atoms with van der Waals surface area (Å²) in [6.07, 6.45) is 1.68. The number of pyridine rings is 1. The molecule has 1 amide bonds. The molecule has 2 heterocycles. The number of hydrogen-bond donors (Lipinski definition) is 1. The number of rotatable bonds is 5. The molecule has 0 atom stereocenters. The Bertz CT molecular complexity index is 1120. The van der Waals surface area contributed by atoms with E-state index in [0.717, 1.165) is 5.52 Å². The van der Waals surface area contributed by atoms with Gasteiger partial charge in [0.1, 0.15) is 11.5 Å². The molecule has 7 nitrogen and oxygen atoms in total. The molecule has 0 unspecified atom stereocenters. The number of benzene rings is 2. The fourth-order valence-corrected chi connectivity index (χ4v) is 2.91. The van der Waals surface area contributed by atoms with Gasteiger partial charge in [0.25, 0.3) is 5.91 Å². The Balaban J connectivity index is 1.77. The lowest BCUT2D eigenvalue weighted by Crippen LogP contribution is -2.13. The highest BCUT2D eigenvalue weighted by Gasteiger charge is 2.19. The van der Waals surface area contributed by atoms with E-state index in [4.69, 9.17) is 9.47 Å². The van der Waals surface area contributed by atoms with Gasteiger partial charge in [-0.15, -0.1) is 0 Å². The second kappa shape index (κ2) is 7.40. The zero-order chi connectivity index (χ0) is 19.5. The first kappa shape index (κ1) is 17.5. The van der Waals surface area contributed by atoms with Gasteiger partial charge in [-0.05, 0) is 54.6 Å². The highest BCUT2D eigenvalue weighted by molar-refractivity contribution is 6.11. The molecule has 7 heteroatoms. The van der Waals surface area contributed by atoms with Crippen LogP contribution in [-0.4, -0.2) is 34.9 Å². The molecule has 0 spiro atoms. The van der Waals surface area contributed by atoms with E-state index in [-0.39, 0.29) is 11.6 Å². The molecule has 28 heavy (non-hydrogen) atoms. The summed E-state index contributed by atoms with van der Waals surface area (Å²) in [7, 11) is 3.18. The molecule has 4 rings (SSSR count). The first-order chi connectivity index (χ1) is 13.7. The van der Waals surface area contributed by atoms with E-state index < -0.39 is 0 Å². The Hall–Kier alpha value is -3.87. The zero-order valence-corrected chi connectivity index (χ0v) is 15.4. The summed E-state index contributed by atoms with van der Waals surface area (Å²) in [5, 5.41) is 8.08. The maximum atomic E-state index is 12.9. The maximum Gasteiger partial charge on any atom is 0.276 e. The number of amides is 1. The van der Waals surface area contributed by atoms with E-state index in [1.807, 2.05) is 30.3 Å². The van der Waals surface area contributed by atoms with Crippen LogP contribution >= 0.6 is 0 Å². The minimum Gasteiger partial charge on any atom is -0.497 e. The second-order valence-corrected chi connectivity index (χ2v) is 6.01. The van der Waals surface area contributed by atoms with Gasteiger partial charge in [-0.2, -0.15) is 5.10 Å². The molecule has 2 aromatic carbocycles. The van der Waals surface area contributed by atoms with Gasteiger partial charge < -0.3 is 14.8 Å². The minimum absolute atomic E-state index is 0.287. The summed E-state index contributed by atoms with van der Waals surface area (Å²) in [5.41, 5.74) is 1.70. The Labute approximate surface area is 161 Å². The van der Waals surface area contributed by atoms with E-state index in [0.29, 0.717) is 28.4 Å². The van der Waals surface area contributed by atoms with Gasteiger partial charge in [0, 0.05) is 17.3 Å². The summed E-state index contributed by atoms with van der Waals surface area (Å²) in [4.78, 5) is 17.3. The fourth-order valence-electron chi connectivity index (χ4n) is 2.91. The number of methoxy groups -OCH3 is 2. The van der Waals surface area contributed by atoms with Crippen molar-refractivity contribution in [1.82, 2.24) is 14.8 Å². The second-order valence-electron chi connectivity index (χ2n) is 6.01. The van der Waals surface area contributed by atoms with E-state index in [1.165, 1.54) is 0 Å². The third-order valence-corrected chi connectivity index (χ3v) is 4.32.